The van der Waals surface area contributed by atoms with Gasteiger partial charge in [0.25, 0.3) is 0 Å². The van der Waals surface area contributed by atoms with Gasteiger partial charge in [-0.3, -0.25) is 0 Å². The van der Waals surface area contributed by atoms with Gasteiger partial charge in [0.2, 0.25) is 0 Å². The summed E-state index contributed by atoms with van der Waals surface area (Å²) in [6, 6.07) is 4.54. The Morgan fingerprint density at radius 2 is 1.75 bits per heavy atom. The van der Waals surface area contributed by atoms with E-state index in [1.54, 1.807) is 12.3 Å². The molecule has 0 saturated carbocycles. The van der Waals surface area contributed by atoms with E-state index in [1.165, 1.54) is 18.3 Å². The number of pyridine rings is 2. The van der Waals surface area contributed by atoms with Crippen molar-refractivity contribution < 1.29 is 8.78 Å². The lowest BCUT2D eigenvalue weighted by atomic mass is 10.3. The predicted octanol–water partition coefficient (Wildman–Crippen LogP) is 3.73. The Bertz CT molecular complexity index is 904. The monoisotopic (exact) mass is 344 g/mol. The van der Waals surface area contributed by atoms with Gasteiger partial charge in [-0.05, 0) is 18.2 Å². The molecule has 24 heavy (non-hydrogen) atoms. The van der Waals surface area contributed by atoms with Crippen molar-refractivity contribution in [3.05, 3.63) is 54.0 Å². The maximum atomic E-state index is 12.8. The minimum atomic E-state index is -1.45. The number of rotatable bonds is 0. The highest BCUT2D eigenvalue weighted by Gasteiger charge is 2.08. The van der Waals surface area contributed by atoms with Crippen LogP contribution in [0.2, 0.25) is 19.6 Å². The number of nitrogens with one attached hydrogen (secondary N) is 1. The van der Waals surface area contributed by atoms with Gasteiger partial charge < -0.3 is 10.7 Å². The van der Waals surface area contributed by atoms with Gasteiger partial charge in [-0.2, -0.15) is 0 Å². The molecule has 3 N–H and O–H groups in total. The molecule has 0 saturated heterocycles. The van der Waals surface area contributed by atoms with Gasteiger partial charge in [0, 0.05) is 11.6 Å². The number of nitrogens with two attached hydrogens (primary N) is 1. The summed E-state index contributed by atoms with van der Waals surface area (Å²) in [4.78, 5) is 10.4. The van der Waals surface area contributed by atoms with Gasteiger partial charge in [-0.15, -0.1) is 5.54 Å². The second kappa shape index (κ2) is 7.23. The SMILES string of the molecule is C[Si](C)(C)C#Cc1cc(F)cnc1N.Fc1cnc2[nH]ccc2c1. The van der Waals surface area contributed by atoms with E-state index in [-0.39, 0.29) is 11.6 Å². The number of nitrogens with zero attached hydrogens (tertiary/aromatic N) is 2. The smallest absolute Gasteiger partial charge is 0.142 e. The van der Waals surface area contributed by atoms with Gasteiger partial charge >= 0.3 is 0 Å². The molecule has 0 spiro atoms. The molecule has 124 valence electrons. The first-order valence-corrected chi connectivity index (χ1v) is 10.8. The molecule has 0 fully saturated rings. The van der Waals surface area contributed by atoms with E-state index >= 15 is 0 Å². The lowest BCUT2D eigenvalue weighted by molar-refractivity contribution is 0.621. The Hall–Kier alpha value is -2.72. The number of hydrogen-bond acceptors (Lipinski definition) is 3. The van der Waals surface area contributed by atoms with Gasteiger partial charge in [0.15, 0.2) is 0 Å². The Labute approximate surface area is 140 Å². The number of fused-ring (bicyclic) bond motifs is 1. The fourth-order valence-electron chi connectivity index (χ4n) is 1.72. The lowest BCUT2D eigenvalue weighted by Gasteiger charge is -2.03. The van der Waals surface area contributed by atoms with Crippen molar-refractivity contribution in [3.8, 4) is 11.5 Å². The number of H-pyrrole nitrogens is 1. The Morgan fingerprint density at radius 1 is 1.08 bits per heavy atom. The van der Waals surface area contributed by atoms with Gasteiger partial charge in [-0.25, -0.2) is 18.7 Å². The number of halogens is 2. The van der Waals surface area contributed by atoms with Crippen molar-refractivity contribution in [3.63, 3.8) is 0 Å². The van der Waals surface area contributed by atoms with Crippen LogP contribution < -0.4 is 5.73 Å². The Balaban J connectivity index is 0.000000182. The fraction of sp³-hybridized carbons (Fsp3) is 0.176. The summed E-state index contributed by atoms with van der Waals surface area (Å²) in [5.41, 5.74) is 9.86. The van der Waals surface area contributed by atoms with Crippen molar-refractivity contribution in [2.45, 2.75) is 19.6 Å². The summed E-state index contributed by atoms with van der Waals surface area (Å²) >= 11 is 0. The zero-order chi connectivity index (χ0) is 17.7. The minimum absolute atomic E-state index is 0.289. The van der Waals surface area contributed by atoms with Crippen LogP contribution in [0.25, 0.3) is 11.0 Å². The second-order valence-corrected chi connectivity index (χ2v) is 10.9. The zero-order valence-corrected chi connectivity index (χ0v) is 14.7. The molecule has 0 atom stereocenters. The average Bonchev–Trinajstić information content (AvgIpc) is 2.95. The maximum absolute atomic E-state index is 12.8. The molecule has 3 aromatic rings. The molecule has 3 rings (SSSR count). The molecule has 3 aromatic heterocycles. The Morgan fingerprint density at radius 3 is 2.46 bits per heavy atom. The molecule has 0 aliphatic carbocycles. The summed E-state index contributed by atoms with van der Waals surface area (Å²) < 4.78 is 25.2. The van der Waals surface area contributed by atoms with E-state index < -0.39 is 13.9 Å². The zero-order valence-electron chi connectivity index (χ0n) is 13.7. The summed E-state index contributed by atoms with van der Waals surface area (Å²) in [6.07, 6.45) is 4.02. The van der Waals surface area contributed by atoms with E-state index in [1.807, 2.05) is 0 Å². The highest BCUT2D eigenvalue weighted by Crippen LogP contribution is 2.10. The summed E-state index contributed by atoms with van der Waals surface area (Å²) in [7, 11) is -1.45. The summed E-state index contributed by atoms with van der Waals surface area (Å²) in [5, 5.41) is 0.806. The van der Waals surface area contributed by atoms with Gasteiger partial charge in [-0.1, -0.05) is 25.6 Å². The fourth-order valence-corrected chi connectivity index (χ4v) is 2.23. The lowest BCUT2D eigenvalue weighted by Crippen LogP contribution is -2.16. The van der Waals surface area contributed by atoms with Crippen molar-refractivity contribution in [2.24, 2.45) is 0 Å². The first kappa shape index (κ1) is 17.6. The number of nitrogen functional groups attached to an aromatic ring is 1. The van der Waals surface area contributed by atoms with Crippen LogP contribution in [0.5, 0.6) is 0 Å². The first-order valence-electron chi connectivity index (χ1n) is 7.27. The van der Waals surface area contributed by atoms with Crippen molar-refractivity contribution in [1.29, 1.82) is 0 Å². The highest BCUT2D eigenvalue weighted by molar-refractivity contribution is 6.83. The molecule has 0 aliphatic rings. The molecule has 4 nitrogen and oxygen atoms in total. The van der Waals surface area contributed by atoms with E-state index in [2.05, 4.69) is 46.1 Å². The number of anilines is 1. The van der Waals surface area contributed by atoms with E-state index in [9.17, 15) is 8.78 Å². The molecule has 0 aliphatic heterocycles. The standard InChI is InChI=1S/C10H13FN2Si.C7H5FN2/c1-14(2,3)5-4-8-6-9(11)7-13-10(8)12;8-6-3-5-1-2-9-7(5)10-4-6/h6-7H,1-3H3,(H2,12,13);1-4H,(H,9,10). The van der Waals surface area contributed by atoms with Crippen LogP contribution in [0.15, 0.2) is 36.8 Å². The third kappa shape index (κ3) is 5.17. The van der Waals surface area contributed by atoms with Crippen molar-refractivity contribution in [1.82, 2.24) is 15.0 Å². The third-order valence-electron chi connectivity index (χ3n) is 2.82. The third-order valence-corrected chi connectivity index (χ3v) is 3.70. The van der Waals surface area contributed by atoms with Gasteiger partial charge in [0.05, 0.1) is 18.0 Å². The van der Waals surface area contributed by atoms with Crippen LogP contribution in [0, 0.1) is 23.1 Å². The predicted molar refractivity (Wildman–Crippen MR) is 94.9 cm³/mol. The maximum Gasteiger partial charge on any atom is 0.142 e. The molecule has 0 amide bonds. The largest absolute Gasteiger partial charge is 0.383 e. The topological polar surface area (TPSA) is 67.6 Å². The first-order chi connectivity index (χ1) is 11.2. The number of aromatic amines is 1. The molecular weight excluding hydrogens is 326 g/mol. The van der Waals surface area contributed by atoms with Crippen LogP contribution in [-0.2, 0) is 0 Å². The molecule has 7 heteroatoms. The van der Waals surface area contributed by atoms with Crippen LogP contribution in [0.3, 0.4) is 0 Å². The van der Waals surface area contributed by atoms with Crippen molar-refractivity contribution >= 4 is 24.9 Å². The molecule has 0 aromatic carbocycles. The van der Waals surface area contributed by atoms with Crippen LogP contribution >= 0.6 is 0 Å². The molecule has 3 heterocycles. The molecule has 0 bridgehead atoms. The molecule has 0 unspecified atom stereocenters. The number of aromatic nitrogens is 3. The van der Waals surface area contributed by atoms with Crippen LogP contribution in [0.1, 0.15) is 5.56 Å². The summed E-state index contributed by atoms with van der Waals surface area (Å²) in [5.74, 6) is 2.46. The Kier molecular flexibility index (Phi) is 5.31. The average molecular weight is 344 g/mol. The second-order valence-electron chi connectivity index (χ2n) is 6.16. The quantitative estimate of drug-likeness (QED) is 0.482. The minimum Gasteiger partial charge on any atom is -0.383 e. The molecule has 0 radical (unpaired) electrons. The highest BCUT2D eigenvalue weighted by atomic mass is 28.3. The van der Waals surface area contributed by atoms with E-state index in [4.69, 9.17) is 5.73 Å². The van der Waals surface area contributed by atoms with Crippen LogP contribution in [0.4, 0.5) is 14.6 Å². The number of hydrogen-bond donors (Lipinski definition) is 2. The molecular formula is C17H18F2N4Si. The van der Waals surface area contributed by atoms with Gasteiger partial charge in [0.1, 0.15) is 31.2 Å². The van der Waals surface area contributed by atoms with Crippen LogP contribution in [-0.4, -0.2) is 23.0 Å². The van der Waals surface area contributed by atoms with Crippen molar-refractivity contribution in [2.75, 3.05) is 5.73 Å². The van der Waals surface area contributed by atoms with E-state index in [0.717, 1.165) is 17.2 Å². The van der Waals surface area contributed by atoms with E-state index in [0.29, 0.717) is 5.56 Å². The summed E-state index contributed by atoms with van der Waals surface area (Å²) in [6.45, 7) is 6.34. The normalized spacial score (nSPS) is 10.5.